The Balaban J connectivity index is 1.77. The maximum absolute atomic E-state index is 4.82. The molecule has 0 spiro atoms. The number of benzene rings is 1. The third-order valence-corrected chi connectivity index (χ3v) is 5.29. The van der Waals surface area contributed by atoms with Gasteiger partial charge >= 0.3 is 0 Å². The Hall–Kier alpha value is -3.12. The fraction of sp³-hybridized carbons (Fsp3) is 0.0526. The summed E-state index contributed by atoms with van der Waals surface area (Å²) in [4.78, 5) is 6.67. The molecule has 0 aliphatic heterocycles. The van der Waals surface area contributed by atoms with Gasteiger partial charge in [0, 0.05) is 17.0 Å². The second-order valence-corrected chi connectivity index (χ2v) is 6.84. The van der Waals surface area contributed by atoms with E-state index in [-0.39, 0.29) is 0 Å². The van der Waals surface area contributed by atoms with Gasteiger partial charge in [0.1, 0.15) is 5.69 Å². The van der Waals surface area contributed by atoms with E-state index >= 15 is 0 Å². The monoisotopic (exact) mass is 343 g/mol. The number of hydrogen-bond acceptors (Lipinski definition) is 5. The predicted octanol–water partition coefficient (Wildman–Crippen LogP) is 4.38. The lowest BCUT2D eigenvalue weighted by molar-refractivity contribution is 0.887. The van der Waals surface area contributed by atoms with Crippen LogP contribution in [0.25, 0.3) is 37.6 Å². The molecule has 4 heterocycles. The molecule has 0 saturated heterocycles. The maximum atomic E-state index is 4.82. The second-order valence-electron chi connectivity index (χ2n) is 5.76. The zero-order valence-corrected chi connectivity index (χ0v) is 14.2. The zero-order valence-electron chi connectivity index (χ0n) is 13.4. The first-order valence-corrected chi connectivity index (χ1v) is 8.75. The Morgan fingerprint density at radius 3 is 2.48 bits per heavy atom. The van der Waals surface area contributed by atoms with Gasteiger partial charge in [-0.1, -0.05) is 30.3 Å². The van der Waals surface area contributed by atoms with Gasteiger partial charge in [0.15, 0.2) is 11.5 Å². The second kappa shape index (κ2) is 5.46. The number of rotatable bonds is 2. The van der Waals surface area contributed by atoms with Gasteiger partial charge in [-0.15, -0.1) is 21.5 Å². The summed E-state index contributed by atoms with van der Waals surface area (Å²) < 4.78 is 1.82. The van der Waals surface area contributed by atoms with Crippen LogP contribution < -0.4 is 0 Å². The van der Waals surface area contributed by atoms with Crippen molar-refractivity contribution in [2.45, 2.75) is 6.92 Å². The van der Waals surface area contributed by atoms with Crippen LogP contribution in [-0.2, 0) is 0 Å². The lowest BCUT2D eigenvalue weighted by Gasteiger charge is -2.06. The van der Waals surface area contributed by atoms with Gasteiger partial charge in [-0.25, -0.2) is 0 Å². The third kappa shape index (κ3) is 2.22. The van der Waals surface area contributed by atoms with E-state index in [2.05, 4.69) is 39.4 Å². The molecule has 0 amide bonds. The molecule has 0 aliphatic rings. The summed E-state index contributed by atoms with van der Waals surface area (Å²) in [6, 6.07) is 18.4. The topological polar surface area (TPSA) is 56.0 Å². The first kappa shape index (κ1) is 14.2. The van der Waals surface area contributed by atoms with Crippen LogP contribution in [0.5, 0.6) is 0 Å². The molecule has 25 heavy (non-hydrogen) atoms. The van der Waals surface area contributed by atoms with Crippen molar-refractivity contribution >= 4 is 27.8 Å². The largest absolute Gasteiger partial charge is 0.255 e. The first-order chi connectivity index (χ1) is 12.3. The molecule has 5 nitrogen and oxygen atoms in total. The molecule has 120 valence electrons. The fourth-order valence-corrected chi connectivity index (χ4v) is 3.96. The minimum absolute atomic E-state index is 0.781. The van der Waals surface area contributed by atoms with E-state index in [9.17, 15) is 0 Å². The van der Waals surface area contributed by atoms with Crippen LogP contribution in [0, 0.1) is 6.92 Å². The third-order valence-electron chi connectivity index (χ3n) is 4.18. The normalized spacial score (nSPS) is 11.4. The number of aromatic nitrogens is 5. The number of pyridine rings is 1. The lowest BCUT2D eigenvalue weighted by Crippen LogP contribution is -1.98. The van der Waals surface area contributed by atoms with Crippen LogP contribution >= 0.6 is 11.3 Å². The summed E-state index contributed by atoms with van der Waals surface area (Å²) in [7, 11) is 0. The highest BCUT2D eigenvalue weighted by molar-refractivity contribution is 7.18. The van der Waals surface area contributed by atoms with Crippen LogP contribution in [-0.4, -0.2) is 24.8 Å². The summed E-state index contributed by atoms with van der Waals surface area (Å²) in [5.74, 6) is 0.781. The molecule has 0 unspecified atom stereocenters. The Kier molecular flexibility index (Phi) is 3.11. The molecule has 6 heteroatoms. The minimum Gasteiger partial charge on any atom is -0.255 e. The van der Waals surface area contributed by atoms with E-state index in [0.29, 0.717) is 0 Å². The van der Waals surface area contributed by atoms with Gasteiger partial charge in [-0.3, -0.25) is 4.98 Å². The van der Waals surface area contributed by atoms with Crippen LogP contribution in [0.2, 0.25) is 0 Å². The van der Waals surface area contributed by atoms with Crippen molar-refractivity contribution in [2.75, 3.05) is 0 Å². The van der Waals surface area contributed by atoms with Crippen molar-refractivity contribution in [2.24, 2.45) is 0 Å². The van der Waals surface area contributed by atoms with Gasteiger partial charge in [0.25, 0.3) is 0 Å². The van der Waals surface area contributed by atoms with Crippen LogP contribution in [0.15, 0.2) is 60.8 Å². The molecule has 0 fully saturated rings. The van der Waals surface area contributed by atoms with E-state index in [1.807, 2.05) is 48.0 Å². The average Bonchev–Trinajstić information content (AvgIpc) is 3.29. The Labute approximate surface area is 147 Å². The van der Waals surface area contributed by atoms with Gasteiger partial charge in [0.2, 0.25) is 0 Å². The van der Waals surface area contributed by atoms with Crippen molar-refractivity contribution in [3.8, 4) is 21.1 Å². The molecule has 0 atom stereocenters. The smallest absolute Gasteiger partial charge is 0.185 e. The van der Waals surface area contributed by atoms with E-state index in [0.717, 1.165) is 43.4 Å². The summed E-state index contributed by atoms with van der Waals surface area (Å²) in [6.45, 7) is 1.92. The molecule has 0 aliphatic carbocycles. The molecule has 0 radical (unpaired) electrons. The van der Waals surface area contributed by atoms with Crippen molar-refractivity contribution in [3.05, 3.63) is 66.6 Å². The highest BCUT2D eigenvalue weighted by atomic mass is 32.1. The first-order valence-electron chi connectivity index (χ1n) is 7.93. The number of hydrogen-bond donors (Lipinski definition) is 0. The van der Waals surface area contributed by atoms with E-state index in [1.165, 1.54) is 0 Å². The quantitative estimate of drug-likeness (QED) is 0.477. The minimum atomic E-state index is 0.781. The van der Waals surface area contributed by atoms with Gasteiger partial charge < -0.3 is 0 Å². The molecular weight excluding hydrogens is 330 g/mol. The van der Waals surface area contributed by atoms with Crippen molar-refractivity contribution in [1.29, 1.82) is 0 Å². The van der Waals surface area contributed by atoms with Crippen molar-refractivity contribution in [1.82, 2.24) is 24.8 Å². The van der Waals surface area contributed by atoms with Crippen molar-refractivity contribution in [3.63, 3.8) is 0 Å². The Bertz CT molecular complexity index is 1210. The molecule has 0 N–H and O–H groups in total. The fourth-order valence-electron chi connectivity index (χ4n) is 2.98. The Morgan fingerprint density at radius 2 is 1.64 bits per heavy atom. The molecule has 5 aromatic rings. The summed E-state index contributed by atoms with van der Waals surface area (Å²) in [6.07, 6.45) is 1.81. The SMILES string of the molecule is Cc1nnc2c3ccccc3c(-c3ccc(-c4ccccn4)s3)nn12. The highest BCUT2D eigenvalue weighted by Gasteiger charge is 2.15. The van der Waals surface area contributed by atoms with Crippen molar-refractivity contribution < 1.29 is 0 Å². The summed E-state index contributed by atoms with van der Waals surface area (Å²) >= 11 is 1.69. The molecule has 1 aromatic carbocycles. The van der Waals surface area contributed by atoms with Crippen LogP contribution in [0.4, 0.5) is 0 Å². The van der Waals surface area contributed by atoms with Gasteiger partial charge in [-0.05, 0) is 31.2 Å². The standard InChI is InChI=1S/C19H13N5S/c1-12-21-22-19-14-7-3-2-6-13(14)18(23-24(12)19)17-10-9-16(25-17)15-8-4-5-11-20-15/h2-11H,1H3. The zero-order chi connectivity index (χ0) is 16.8. The van der Waals surface area contributed by atoms with Crippen LogP contribution in [0.1, 0.15) is 5.82 Å². The van der Waals surface area contributed by atoms with E-state index < -0.39 is 0 Å². The predicted molar refractivity (Wildman–Crippen MR) is 99.6 cm³/mol. The van der Waals surface area contributed by atoms with E-state index in [1.54, 1.807) is 11.3 Å². The summed E-state index contributed by atoms with van der Waals surface area (Å²) in [5, 5.41) is 15.4. The van der Waals surface area contributed by atoms with E-state index in [4.69, 9.17) is 5.10 Å². The van der Waals surface area contributed by atoms with Gasteiger partial charge in [0.05, 0.1) is 15.4 Å². The number of nitrogens with zero attached hydrogens (tertiary/aromatic N) is 5. The highest BCUT2D eigenvalue weighted by Crippen LogP contribution is 2.36. The molecule has 0 saturated carbocycles. The lowest BCUT2D eigenvalue weighted by atomic mass is 10.1. The molecule has 5 rings (SSSR count). The maximum Gasteiger partial charge on any atom is 0.185 e. The molecule has 4 aromatic heterocycles. The number of aryl methyl sites for hydroxylation is 1. The number of thiophene rings is 1. The van der Waals surface area contributed by atoms with Gasteiger partial charge in [-0.2, -0.15) is 9.61 Å². The van der Waals surface area contributed by atoms with Crippen LogP contribution in [0.3, 0.4) is 0 Å². The Morgan fingerprint density at radius 1 is 0.840 bits per heavy atom. The summed E-state index contributed by atoms with van der Waals surface area (Å²) in [5.41, 5.74) is 2.71. The number of fused-ring (bicyclic) bond motifs is 3. The molecule has 0 bridgehead atoms. The molecular formula is C19H13N5S. The average molecular weight is 343 g/mol.